The molecule has 2 atom stereocenters. The number of likely N-dealkylation sites (tertiary alicyclic amines) is 1. The quantitative estimate of drug-likeness (QED) is 0.273. The Balaban J connectivity index is 1.20. The first kappa shape index (κ1) is 28.0. The van der Waals surface area contributed by atoms with E-state index >= 15 is 0 Å². The maximum absolute atomic E-state index is 14.0. The Morgan fingerprint density at radius 1 is 0.881 bits per heavy atom. The normalized spacial score (nSPS) is 17.7. The van der Waals surface area contributed by atoms with Crippen LogP contribution < -0.4 is 10.6 Å². The van der Waals surface area contributed by atoms with Crippen LogP contribution in [0.15, 0.2) is 79.0 Å². The molecule has 0 spiro atoms. The molecule has 2 aliphatic heterocycles. The Hall–Kier alpha value is -4.10. The Morgan fingerprint density at radius 3 is 2.38 bits per heavy atom. The van der Waals surface area contributed by atoms with Crippen LogP contribution in [0, 0.1) is 0 Å². The standard InChI is InChI=1S/C35H41N5O2/c1-24(31-23-36-32-11-7-6-10-30(31)32)33(34(41)37-29-13-12-26-14-18-39(2)19-15-28(26)22-29)38-35(42)40-20-16-27(17-21-40)25-8-4-3-5-9-25/h3-13,22-24,27,33,36H,14-21H2,1-2H3,(H,37,41)(H,38,42)/t24-,33-/m1/s1. The van der Waals surface area contributed by atoms with E-state index in [1.54, 1.807) is 0 Å². The molecule has 0 aliphatic carbocycles. The number of benzene rings is 3. The van der Waals surface area contributed by atoms with Crippen LogP contribution in [-0.4, -0.2) is 66.0 Å². The van der Waals surface area contributed by atoms with Crippen molar-refractivity contribution in [3.63, 3.8) is 0 Å². The van der Waals surface area contributed by atoms with Gasteiger partial charge in [-0.1, -0.05) is 61.5 Å². The van der Waals surface area contributed by atoms with Crippen LogP contribution in [-0.2, 0) is 17.6 Å². The summed E-state index contributed by atoms with van der Waals surface area (Å²) in [7, 11) is 2.15. The topological polar surface area (TPSA) is 80.5 Å². The third-order valence-electron chi connectivity index (χ3n) is 9.23. The van der Waals surface area contributed by atoms with Crippen LogP contribution in [0.25, 0.3) is 10.9 Å². The van der Waals surface area contributed by atoms with Gasteiger partial charge in [0.15, 0.2) is 0 Å². The molecule has 3 amide bonds. The Morgan fingerprint density at radius 2 is 1.60 bits per heavy atom. The number of amides is 3. The summed E-state index contributed by atoms with van der Waals surface area (Å²) >= 11 is 0. The van der Waals surface area contributed by atoms with Gasteiger partial charge in [-0.15, -0.1) is 0 Å². The molecule has 6 rings (SSSR count). The molecule has 4 aromatic rings. The van der Waals surface area contributed by atoms with Crippen molar-refractivity contribution in [3.8, 4) is 0 Å². The van der Waals surface area contributed by atoms with Gasteiger partial charge in [0.25, 0.3) is 0 Å². The lowest BCUT2D eigenvalue weighted by Crippen LogP contribution is -2.53. The number of fused-ring (bicyclic) bond motifs is 2. The van der Waals surface area contributed by atoms with Crippen molar-refractivity contribution >= 4 is 28.5 Å². The zero-order valence-electron chi connectivity index (χ0n) is 24.6. The molecule has 3 heterocycles. The number of anilines is 1. The minimum absolute atomic E-state index is 0.182. The number of carbonyl (C=O) groups is 2. The highest BCUT2D eigenvalue weighted by molar-refractivity contribution is 5.98. The summed E-state index contributed by atoms with van der Waals surface area (Å²) in [5.74, 6) is -0.0000803. The Kier molecular flexibility index (Phi) is 8.29. The summed E-state index contributed by atoms with van der Waals surface area (Å²) < 4.78 is 0. The molecule has 7 heteroatoms. The van der Waals surface area contributed by atoms with E-state index in [-0.39, 0.29) is 17.9 Å². The first-order valence-electron chi connectivity index (χ1n) is 15.2. The number of nitrogens with zero attached hydrogens (tertiary/aromatic N) is 2. The van der Waals surface area contributed by atoms with Crippen molar-refractivity contribution in [2.45, 2.75) is 50.5 Å². The van der Waals surface area contributed by atoms with Crippen molar-refractivity contribution in [1.82, 2.24) is 20.1 Å². The molecule has 0 saturated carbocycles. The summed E-state index contributed by atoms with van der Waals surface area (Å²) in [5.41, 5.74) is 6.76. The molecule has 0 bridgehead atoms. The van der Waals surface area contributed by atoms with E-state index in [1.807, 2.05) is 48.4 Å². The molecule has 7 nitrogen and oxygen atoms in total. The number of likely N-dealkylation sites (N-methyl/N-ethyl adjacent to an activating group) is 1. The molecule has 3 aromatic carbocycles. The van der Waals surface area contributed by atoms with Gasteiger partial charge in [0, 0.05) is 54.9 Å². The highest BCUT2D eigenvalue weighted by Gasteiger charge is 2.32. The Labute approximate surface area is 248 Å². The Bertz CT molecular complexity index is 1540. The lowest BCUT2D eigenvalue weighted by atomic mass is 9.89. The van der Waals surface area contributed by atoms with Crippen LogP contribution in [0.3, 0.4) is 0 Å². The van der Waals surface area contributed by atoms with Crippen molar-refractivity contribution in [1.29, 1.82) is 0 Å². The van der Waals surface area contributed by atoms with Gasteiger partial charge in [0.05, 0.1) is 0 Å². The van der Waals surface area contributed by atoms with Gasteiger partial charge in [0.1, 0.15) is 6.04 Å². The van der Waals surface area contributed by atoms with E-state index in [0.29, 0.717) is 19.0 Å². The maximum atomic E-state index is 14.0. The SMILES string of the molecule is C[C@H](c1c[nH]c2ccccc12)[C@@H](NC(=O)N1CCC(c2ccccc2)CC1)C(=O)Nc1ccc2c(c1)CCN(C)CC2. The number of aromatic amines is 1. The fourth-order valence-corrected chi connectivity index (χ4v) is 6.57. The second kappa shape index (κ2) is 12.4. The number of hydrogen-bond donors (Lipinski definition) is 3. The lowest BCUT2D eigenvalue weighted by molar-refractivity contribution is -0.118. The third kappa shape index (κ3) is 6.07. The number of para-hydroxylation sites is 1. The first-order valence-corrected chi connectivity index (χ1v) is 15.2. The van der Waals surface area contributed by atoms with Gasteiger partial charge in [-0.2, -0.15) is 0 Å². The largest absolute Gasteiger partial charge is 0.361 e. The minimum atomic E-state index is -0.742. The van der Waals surface area contributed by atoms with Crippen LogP contribution in [0.1, 0.15) is 53.9 Å². The van der Waals surface area contributed by atoms with E-state index in [4.69, 9.17) is 0 Å². The van der Waals surface area contributed by atoms with Crippen molar-refractivity contribution in [2.24, 2.45) is 0 Å². The molecule has 1 aromatic heterocycles. The summed E-state index contributed by atoms with van der Waals surface area (Å²) in [6.45, 7) is 5.40. The van der Waals surface area contributed by atoms with E-state index in [2.05, 4.69) is 70.0 Å². The molecule has 42 heavy (non-hydrogen) atoms. The van der Waals surface area contributed by atoms with Gasteiger partial charge >= 0.3 is 6.03 Å². The molecule has 2 aliphatic rings. The fraction of sp³-hybridized carbons (Fsp3) is 0.371. The predicted octanol–water partition coefficient (Wildman–Crippen LogP) is 5.90. The summed E-state index contributed by atoms with van der Waals surface area (Å²) in [5, 5.41) is 7.37. The van der Waals surface area contributed by atoms with E-state index in [0.717, 1.165) is 60.9 Å². The molecular formula is C35H41N5O2. The summed E-state index contributed by atoms with van der Waals surface area (Å²) in [6.07, 6.45) is 5.76. The van der Waals surface area contributed by atoms with Crippen LogP contribution >= 0.6 is 0 Å². The van der Waals surface area contributed by atoms with Crippen molar-refractivity contribution in [3.05, 3.63) is 101 Å². The van der Waals surface area contributed by atoms with Gasteiger partial charge in [-0.3, -0.25) is 4.79 Å². The zero-order valence-corrected chi connectivity index (χ0v) is 24.6. The summed E-state index contributed by atoms with van der Waals surface area (Å²) in [6, 6.07) is 23.9. The maximum Gasteiger partial charge on any atom is 0.318 e. The molecule has 3 N–H and O–H groups in total. The van der Waals surface area contributed by atoms with Crippen molar-refractivity contribution in [2.75, 3.05) is 38.5 Å². The molecular weight excluding hydrogens is 522 g/mol. The van der Waals surface area contributed by atoms with E-state index < -0.39 is 6.04 Å². The van der Waals surface area contributed by atoms with Gasteiger partial charge < -0.3 is 25.4 Å². The van der Waals surface area contributed by atoms with E-state index in [1.165, 1.54) is 16.7 Å². The molecule has 218 valence electrons. The van der Waals surface area contributed by atoms with Gasteiger partial charge in [-0.05, 0) is 79.1 Å². The number of urea groups is 1. The first-order chi connectivity index (χ1) is 20.5. The number of hydrogen-bond acceptors (Lipinski definition) is 3. The van der Waals surface area contributed by atoms with Gasteiger partial charge in [-0.25, -0.2) is 4.79 Å². The smallest absolute Gasteiger partial charge is 0.318 e. The predicted molar refractivity (Wildman–Crippen MR) is 169 cm³/mol. The summed E-state index contributed by atoms with van der Waals surface area (Å²) in [4.78, 5) is 35.1. The number of piperidine rings is 1. The monoisotopic (exact) mass is 563 g/mol. The third-order valence-corrected chi connectivity index (χ3v) is 9.23. The van der Waals surface area contributed by atoms with Gasteiger partial charge in [0.2, 0.25) is 5.91 Å². The minimum Gasteiger partial charge on any atom is -0.361 e. The van der Waals surface area contributed by atoms with Crippen molar-refractivity contribution < 1.29 is 9.59 Å². The fourth-order valence-electron chi connectivity index (χ4n) is 6.57. The van der Waals surface area contributed by atoms with Crippen LogP contribution in [0.4, 0.5) is 10.5 Å². The highest BCUT2D eigenvalue weighted by Crippen LogP contribution is 2.30. The molecule has 0 unspecified atom stereocenters. The van der Waals surface area contributed by atoms with E-state index in [9.17, 15) is 9.59 Å². The number of nitrogens with one attached hydrogen (secondary N) is 3. The second-order valence-corrected chi connectivity index (χ2v) is 12.0. The number of aromatic nitrogens is 1. The molecule has 0 radical (unpaired) electrons. The number of rotatable bonds is 6. The van der Waals surface area contributed by atoms with Crippen LogP contribution in [0.5, 0.6) is 0 Å². The average molecular weight is 564 g/mol. The van der Waals surface area contributed by atoms with Crippen LogP contribution in [0.2, 0.25) is 0 Å². The molecule has 1 saturated heterocycles. The second-order valence-electron chi connectivity index (χ2n) is 12.0. The molecule has 1 fully saturated rings. The number of H-pyrrole nitrogens is 1. The average Bonchev–Trinajstić information content (AvgIpc) is 3.37. The lowest BCUT2D eigenvalue weighted by Gasteiger charge is -2.34. The highest BCUT2D eigenvalue weighted by atomic mass is 16.2. The zero-order chi connectivity index (χ0) is 29.1. The number of carbonyl (C=O) groups excluding carboxylic acids is 2.